The van der Waals surface area contributed by atoms with Crippen LogP contribution >= 0.6 is 0 Å². The maximum atomic E-state index is 6.51. The van der Waals surface area contributed by atoms with Crippen molar-refractivity contribution >= 4 is 50.2 Å². The molecule has 2 heterocycles. The van der Waals surface area contributed by atoms with Crippen LogP contribution in [0.3, 0.4) is 0 Å². The van der Waals surface area contributed by atoms with Gasteiger partial charge in [-0.25, -0.2) is 0 Å². The smallest absolute Gasteiger partial charge is 0.135 e. The molecule has 4 nitrogen and oxygen atoms in total. The van der Waals surface area contributed by atoms with Gasteiger partial charge in [0.1, 0.15) is 11.3 Å². The van der Waals surface area contributed by atoms with Gasteiger partial charge in [-0.3, -0.25) is 0 Å². The average molecular weight is 458 g/mol. The van der Waals surface area contributed by atoms with Crippen LogP contribution in [-0.2, 0) is 6.42 Å². The topological polar surface area (TPSA) is 70.1 Å². The SMILES string of the molecule is CC1Cc2oc3ccc(N)cc3c2C=C1C1=CCC(N)C=C1n1c2ccccc2c2ccccc21. The number of rotatable bonds is 2. The first kappa shape index (κ1) is 20.4. The fraction of sp³-hybridized carbons (Fsp3) is 0.161. The largest absolute Gasteiger partial charge is 0.460 e. The van der Waals surface area contributed by atoms with Gasteiger partial charge in [0.05, 0.1) is 16.7 Å². The van der Waals surface area contributed by atoms with Crippen molar-refractivity contribution in [3.8, 4) is 0 Å². The van der Waals surface area contributed by atoms with Gasteiger partial charge in [-0.1, -0.05) is 49.4 Å². The Kier molecular flexibility index (Phi) is 4.36. The van der Waals surface area contributed by atoms with Crippen molar-refractivity contribution < 1.29 is 4.42 Å². The van der Waals surface area contributed by atoms with E-state index in [1.165, 1.54) is 33.0 Å². The molecule has 2 aliphatic carbocycles. The highest BCUT2D eigenvalue weighted by Gasteiger charge is 2.29. The molecule has 0 radical (unpaired) electrons. The number of benzene rings is 3. The van der Waals surface area contributed by atoms with Crippen molar-refractivity contribution in [2.75, 3.05) is 5.73 Å². The van der Waals surface area contributed by atoms with Gasteiger partial charge >= 0.3 is 0 Å². The van der Waals surface area contributed by atoms with Gasteiger partial charge in [-0.2, -0.15) is 0 Å². The molecule has 0 spiro atoms. The third-order valence-corrected chi connectivity index (χ3v) is 7.52. The molecule has 0 saturated heterocycles. The Labute approximate surface area is 203 Å². The summed E-state index contributed by atoms with van der Waals surface area (Å²) >= 11 is 0. The summed E-state index contributed by atoms with van der Waals surface area (Å²) in [4.78, 5) is 0. The van der Waals surface area contributed by atoms with Gasteiger partial charge in [0.25, 0.3) is 0 Å². The molecule has 0 amide bonds. The Hall–Kier alpha value is -4.02. The highest BCUT2D eigenvalue weighted by atomic mass is 16.3. The Balaban J connectivity index is 1.46. The minimum atomic E-state index is -0.0155. The van der Waals surface area contributed by atoms with Crippen molar-refractivity contribution in [1.82, 2.24) is 4.57 Å². The first-order valence-electron chi connectivity index (χ1n) is 12.3. The van der Waals surface area contributed by atoms with Gasteiger partial charge in [-0.05, 0) is 66.0 Å². The van der Waals surface area contributed by atoms with Gasteiger partial charge in [0.15, 0.2) is 0 Å². The normalized spacial score (nSPS) is 20.1. The molecule has 4 N–H and O–H groups in total. The molecule has 0 aliphatic heterocycles. The number of aromatic nitrogens is 1. The number of hydrogen-bond donors (Lipinski definition) is 2. The molecule has 2 unspecified atom stereocenters. The molecular weight excluding hydrogens is 430 g/mol. The van der Waals surface area contributed by atoms with Crippen molar-refractivity contribution in [3.05, 3.63) is 101 Å². The first-order valence-corrected chi connectivity index (χ1v) is 12.3. The summed E-state index contributed by atoms with van der Waals surface area (Å²) in [6.45, 7) is 2.29. The zero-order chi connectivity index (χ0) is 23.7. The van der Waals surface area contributed by atoms with Crippen LogP contribution in [0.5, 0.6) is 0 Å². The number of nitrogens with two attached hydrogens (primary N) is 2. The number of nitrogens with zero attached hydrogens (tertiary/aromatic N) is 1. The maximum Gasteiger partial charge on any atom is 0.135 e. The molecule has 2 atom stereocenters. The molecule has 7 rings (SSSR count). The van der Waals surface area contributed by atoms with E-state index >= 15 is 0 Å². The van der Waals surface area contributed by atoms with E-state index in [0.29, 0.717) is 5.92 Å². The van der Waals surface area contributed by atoms with E-state index in [1.54, 1.807) is 0 Å². The van der Waals surface area contributed by atoms with Crippen LogP contribution in [0.15, 0.2) is 94.4 Å². The Morgan fingerprint density at radius 2 is 1.63 bits per heavy atom. The summed E-state index contributed by atoms with van der Waals surface area (Å²) in [6, 6.07) is 23.2. The molecule has 0 fully saturated rings. The minimum Gasteiger partial charge on any atom is -0.460 e. The predicted molar refractivity (Wildman–Crippen MR) is 146 cm³/mol. The zero-order valence-corrected chi connectivity index (χ0v) is 19.7. The Bertz CT molecular complexity index is 1690. The molecule has 3 aromatic carbocycles. The Morgan fingerprint density at radius 3 is 2.37 bits per heavy atom. The second kappa shape index (κ2) is 7.49. The third kappa shape index (κ3) is 3.03. The van der Waals surface area contributed by atoms with Crippen molar-refractivity contribution in [3.63, 3.8) is 0 Å². The summed E-state index contributed by atoms with van der Waals surface area (Å²) in [5.74, 6) is 1.36. The van der Waals surface area contributed by atoms with E-state index in [9.17, 15) is 0 Å². The maximum absolute atomic E-state index is 6.51. The fourth-order valence-electron chi connectivity index (χ4n) is 5.89. The van der Waals surface area contributed by atoms with Gasteiger partial charge in [-0.15, -0.1) is 0 Å². The Morgan fingerprint density at radius 1 is 0.914 bits per heavy atom. The van der Waals surface area contributed by atoms with E-state index in [1.807, 2.05) is 18.2 Å². The third-order valence-electron chi connectivity index (χ3n) is 7.52. The molecule has 35 heavy (non-hydrogen) atoms. The van der Waals surface area contributed by atoms with E-state index < -0.39 is 0 Å². The van der Waals surface area contributed by atoms with Crippen LogP contribution in [-0.4, -0.2) is 10.6 Å². The molecule has 2 aromatic heterocycles. The fourth-order valence-corrected chi connectivity index (χ4v) is 5.89. The molecular formula is C31H27N3O. The molecule has 5 aromatic rings. The summed E-state index contributed by atoms with van der Waals surface area (Å²) in [7, 11) is 0. The molecule has 4 heteroatoms. The monoisotopic (exact) mass is 457 g/mol. The molecule has 0 bridgehead atoms. The van der Waals surface area contributed by atoms with E-state index in [0.717, 1.165) is 46.5 Å². The highest BCUT2D eigenvalue weighted by molar-refractivity contribution is 6.11. The number of hydrogen-bond acceptors (Lipinski definition) is 3. The van der Waals surface area contributed by atoms with E-state index in [2.05, 4.69) is 78.2 Å². The van der Waals surface area contributed by atoms with E-state index in [-0.39, 0.29) is 6.04 Å². The summed E-state index contributed by atoms with van der Waals surface area (Å²) < 4.78 is 8.62. The number of fused-ring (bicyclic) bond motifs is 6. The number of anilines is 1. The summed E-state index contributed by atoms with van der Waals surface area (Å²) in [5, 5.41) is 3.60. The van der Waals surface area contributed by atoms with Crippen LogP contribution in [0.4, 0.5) is 5.69 Å². The van der Waals surface area contributed by atoms with Gasteiger partial charge < -0.3 is 20.5 Å². The number of allylic oxidation sites excluding steroid dienone is 3. The van der Waals surface area contributed by atoms with Crippen LogP contribution in [0.1, 0.15) is 24.7 Å². The predicted octanol–water partition coefficient (Wildman–Crippen LogP) is 6.90. The quantitative estimate of drug-likeness (QED) is 0.283. The highest BCUT2D eigenvalue weighted by Crippen LogP contribution is 2.44. The molecule has 2 aliphatic rings. The second-order valence-electron chi connectivity index (χ2n) is 9.84. The number of para-hydroxylation sites is 2. The lowest BCUT2D eigenvalue weighted by Gasteiger charge is -2.28. The van der Waals surface area contributed by atoms with Gasteiger partial charge in [0, 0.05) is 39.9 Å². The van der Waals surface area contributed by atoms with Crippen molar-refractivity contribution in [2.45, 2.75) is 25.8 Å². The number of furan rings is 1. The average Bonchev–Trinajstić information content (AvgIpc) is 3.38. The lowest BCUT2D eigenvalue weighted by atomic mass is 9.80. The first-order chi connectivity index (χ1) is 17.1. The lowest BCUT2D eigenvalue weighted by molar-refractivity contribution is 0.506. The lowest BCUT2D eigenvalue weighted by Crippen LogP contribution is -2.23. The molecule has 172 valence electrons. The summed E-state index contributed by atoms with van der Waals surface area (Å²) in [5.41, 5.74) is 21.6. The van der Waals surface area contributed by atoms with Gasteiger partial charge in [0.2, 0.25) is 0 Å². The van der Waals surface area contributed by atoms with Crippen molar-refractivity contribution in [1.29, 1.82) is 0 Å². The van der Waals surface area contributed by atoms with E-state index in [4.69, 9.17) is 15.9 Å². The zero-order valence-electron chi connectivity index (χ0n) is 19.7. The molecule has 0 saturated carbocycles. The van der Waals surface area contributed by atoms with Crippen LogP contribution < -0.4 is 11.5 Å². The van der Waals surface area contributed by atoms with Crippen LogP contribution in [0, 0.1) is 5.92 Å². The van der Waals surface area contributed by atoms with Crippen molar-refractivity contribution in [2.24, 2.45) is 11.7 Å². The number of nitrogen functional groups attached to an aromatic ring is 1. The second-order valence-corrected chi connectivity index (χ2v) is 9.84. The van der Waals surface area contributed by atoms with Crippen LogP contribution in [0.2, 0.25) is 0 Å². The van der Waals surface area contributed by atoms with Crippen LogP contribution in [0.25, 0.3) is 44.5 Å². The standard InChI is InChI=1S/C31H27N3O/c1-18-14-31-26(25-15-19(32)11-13-30(25)35-31)17-24(18)23-12-10-20(33)16-29(23)34-27-8-4-2-6-21(27)22-7-3-5-9-28(22)34/h2-9,11-13,15-18,20H,10,14,32-33H2,1H3. The summed E-state index contributed by atoms with van der Waals surface area (Å²) in [6.07, 6.45) is 8.57. The minimum absolute atomic E-state index is 0.0155.